The molecule has 0 aliphatic heterocycles. The second-order valence-electron chi connectivity index (χ2n) is 6.08. The number of likely N-dealkylation sites (N-methyl/N-ethyl adjacent to an activating group) is 1. The van der Waals surface area contributed by atoms with Crippen molar-refractivity contribution >= 4 is 35.0 Å². The molecule has 3 rings (SSSR count). The van der Waals surface area contributed by atoms with Crippen LogP contribution in [0.15, 0.2) is 55.0 Å². The number of pyridine rings is 1. The highest BCUT2D eigenvalue weighted by atomic mass is 35.5. The molecule has 8 heteroatoms. The lowest BCUT2D eigenvalue weighted by atomic mass is 10.2. The number of carbonyl (C=O) groups is 1. The van der Waals surface area contributed by atoms with Crippen molar-refractivity contribution in [2.24, 2.45) is 0 Å². The molecule has 0 bridgehead atoms. The highest BCUT2D eigenvalue weighted by Crippen LogP contribution is 2.26. The summed E-state index contributed by atoms with van der Waals surface area (Å²) in [6, 6.07) is 10.6. The first-order valence-electron chi connectivity index (χ1n) is 8.65. The summed E-state index contributed by atoms with van der Waals surface area (Å²) >= 11 is 6.24. The molecule has 144 valence electrons. The minimum atomic E-state index is -0.432. The van der Waals surface area contributed by atoms with Crippen LogP contribution < -0.4 is 10.2 Å². The van der Waals surface area contributed by atoms with Gasteiger partial charge in [0.05, 0.1) is 23.4 Å². The number of hydrogen-bond acceptors (Lipinski definition) is 7. The Morgan fingerprint density at radius 3 is 2.71 bits per heavy atom. The van der Waals surface area contributed by atoms with E-state index in [1.165, 1.54) is 12.7 Å². The molecule has 0 aliphatic carbocycles. The van der Waals surface area contributed by atoms with Gasteiger partial charge in [0, 0.05) is 32.2 Å². The lowest BCUT2D eigenvalue weighted by molar-refractivity contribution is 0.0601. The Labute approximate surface area is 168 Å². The van der Waals surface area contributed by atoms with Gasteiger partial charge in [-0.1, -0.05) is 11.6 Å². The van der Waals surface area contributed by atoms with E-state index in [0.29, 0.717) is 28.0 Å². The molecule has 0 amide bonds. The molecular weight excluding hydrogens is 378 g/mol. The van der Waals surface area contributed by atoms with Crippen LogP contribution in [-0.2, 0) is 11.2 Å². The fourth-order valence-electron chi connectivity index (χ4n) is 2.55. The second-order valence-corrected chi connectivity index (χ2v) is 6.49. The van der Waals surface area contributed by atoms with Gasteiger partial charge < -0.3 is 15.0 Å². The average molecular weight is 398 g/mol. The Morgan fingerprint density at radius 1 is 1.18 bits per heavy atom. The molecular formula is C20H20ClN5O2. The minimum absolute atomic E-state index is 0.401. The van der Waals surface area contributed by atoms with Crippen LogP contribution in [0.2, 0.25) is 5.02 Å². The second kappa shape index (κ2) is 9.14. The molecule has 0 atom stereocenters. The molecule has 0 fully saturated rings. The van der Waals surface area contributed by atoms with Gasteiger partial charge >= 0.3 is 5.97 Å². The van der Waals surface area contributed by atoms with E-state index < -0.39 is 5.97 Å². The molecule has 28 heavy (non-hydrogen) atoms. The van der Waals surface area contributed by atoms with E-state index in [4.69, 9.17) is 16.3 Å². The number of ether oxygens (including phenoxy) is 1. The van der Waals surface area contributed by atoms with E-state index >= 15 is 0 Å². The molecule has 3 aromatic rings. The summed E-state index contributed by atoms with van der Waals surface area (Å²) in [6.45, 7) is 0.756. The van der Waals surface area contributed by atoms with Crippen LogP contribution in [0.1, 0.15) is 15.9 Å². The number of rotatable bonds is 7. The first kappa shape index (κ1) is 19.6. The molecule has 0 saturated carbocycles. The van der Waals surface area contributed by atoms with E-state index in [1.807, 2.05) is 24.1 Å². The number of benzene rings is 1. The predicted molar refractivity (Wildman–Crippen MR) is 109 cm³/mol. The number of hydrogen-bond donors (Lipinski definition) is 1. The summed E-state index contributed by atoms with van der Waals surface area (Å²) in [5.41, 5.74) is 2.16. The van der Waals surface area contributed by atoms with Gasteiger partial charge in [-0.05, 0) is 48.4 Å². The van der Waals surface area contributed by atoms with Crippen molar-refractivity contribution in [3.8, 4) is 0 Å². The Kier molecular flexibility index (Phi) is 6.39. The van der Waals surface area contributed by atoms with E-state index in [-0.39, 0.29) is 0 Å². The summed E-state index contributed by atoms with van der Waals surface area (Å²) in [5, 5.41) is 3.61. The number of carbonyl (C=O) groups excluding carboxylic acids is 1. The molecule has 0 aliphatic rings. The maximum atomic E-state index is 11.7. The van der Waals surface area contributed by atoms with Gasteiger partial charge in [0.2, 0.25) is 5.95 Å². The first-order chi connectivity index (χ1) is 13.6. The van der Waals surface area contributed by atoms with Crippen molar-refractivity contribution in [1.82, 2.24) is 15.0 Å². The van der Waals surface area contributed by atoms with Crippen LogP contribution in [0.4, 0.5) is 17.5 Å². The largest absolute Gasteiger partial charge is 0.465 e. The molecule has 2 heterocycles. The van der Waals surface area contributed by atoms with Gasteiger partial charge in [0.15, 0.2) is 0 Å². The number of aromatic nitrogens is 3. The Hall–Kier alpha value is -3.19. The van der Waals surface area contributed by atoms with Crippen molar-refractivity contribution in [3.05, 3.63) is 71.1 Å². The lowest BCUT2D eigenvalue weighted by Gasteiger charge is -2.18. The average Bonchev–Trinajstić information content (AvgIpc) is 2.74. The fourth-order valence-corrected chi connectivity index (χ4v) is 2.72. The van der Waals surface area contributed by atoms with Crippen LogP contribution in [0, 0.1) is 0 Å². The maximum Gasteiger partial charge on any atom is 0.337 e. The van der Waals surface area contributed by atoms with Crippen LogP contribution in [0.3, 0.4) is 0 Å². The van der Waals surface area contributed by atoms with Gasteiger partial charge in [-0.15, -0.1) is 0 Å². The number of nitrogens with one attached hydrogen (secondary N) is 1. The lowest BCUT2D eigenvalue weighted by Crippen LogP contribution is -2.22. The highest BCUT2D eigenvalue weighted by Gasteiger charge is 2.11. The van der Waals surface area contributed by atoms with Crippen molar-refractivity contribution in [1.29, 1.82) is 0 Å². The van der Waals surface area contributed by atoms with Gasteiger partial charge in [0.1, 0.15) is 5.82 Å². The predicted octanol–water partition coefficient (Wildman–Crippen LogP) is 3.73. The molecule has 0 unspecified atom stereocenters. The standard InChI is InChI=1S/C20H20ClN5O2/c1-26(12-8-14-5-9-22-10-6-14)20-23-11-7-18(25-20)24-17-13-15(19(27)28-2)3-4-16(17)21/h3-7,9-11,13H,8,12H2,1-2H3,(H,23,24,25). The molecule has 7 nitrogen and oxygen atoms in total. The van der Waals surface area contributed by atoms with Gasteiger partial charge in [-0.25, -0.2) is 9.78 Å². The Balaban J connectivity index is 1.72. The van der Waals surface area contributed by atoms with Gasteiger partial charge in [0.25, 0.3) is 0 Å². The monoisotopic (exact) mass is 397 g/mol. The first-order valence-corrected chi connectivity index (χ1v) is 9.02. The molecule has 0 saturated heterocycles. The topological polar surface area (TPSA) is 80.2 Å². The molecule has 2 aromatic heterocycles. The van der Waals surface area contributed by atoms with Crippen molar-refractivity contribution in [3.63, 3.8) is 0 Å². The Bertz CT molecular complexity index is 952. The number of nitrogens with zero attached hydrogens (tertiary/aromatic N) is 4. The molecule has 1 N–H and O–H groups in total. The molecule has 0 spiro atoms. The third-order valence-corrected chi connectivity index (χ3v) is 4.45. The van der Waals surface area contributed by atoms with E-state index in [1.54, 1.807) is 42.9 Å². The number of esters is 1. The van der Waals surface area contributed by atoms with E-state index in [2.05, 4.69) is 20.3 Å². The van der Waals surface area contributed by atoms with Crippen molar-refractivity contribution in [2.75, 3.05) is 30.9 Å². The number of methoxy groups -OCH3 is 1. The van der Waals surface area contributed by atoms with Gasteiger partial charge in [-0.3, -0.25) is 4.98 Å². The summed E-state index contributed by atoms with van der Waals surface area (Å²) in [5.74, 6) is 0.725. The quantitative estimate of drug-likeness (QED) is 0.608. The van der Waals surface area contributed by atoms with E-state index in [9.17, 15) is 4.79 Å². The van der Waals surface area contributed by atoms with Crippen LogP contribution in [-0.4, -0.2) is 41.6 Å². The zero-order valence-electron chi connectivity index (χ0n) is 15.6. The van der Waals surface area contributed by atoms with Crippen LogP contribution in [0.5, 0.6) is 0 Å². The summed E-state index contributed by atoms with van der Waals surface area (Å²) < 4.78 is 4.75. The van der Waals surface area contributed by atoms with Crippen molar-refractivity contribution in [2.45, 2.75) is 6.42 Å². The SMILES string of the molecule is COC(=O)c1ccc(Cl)c(Nc2ccnc(N(C)CCc3ccncc3)n2)c1. The minimum Gasteiger partial charge on any atom is -0.465 e. The summed E-state index contributed by atoms with van der Waals surface area (Å²) in [7, 11) is 3.27. The van der Waals surface area contributed by atoms with E-state index in [0.717, 1.165) is 13.0 Å². The van der Waals surface area contributed by atoms with Crippen LogP contribution >= 0.6 is 11.6 Å². The zero-order valence-corrected chi connectivity index (χ0v) is 16.3. The summed E-state index contributed by atoms with van der Waals surface area (Å²) in [6.07, 6.45) is 6.09. The van der Waals surface area contributed by atoms with Gasteiger partial charge in [-0.2, -0.15) is 4.98 Å². The van der Waals surface area contributed by atoms with Crippen molar-refractivity contribution < 1.29 is 9.53 Å². The highest BCUT2D eigenvalue weighted by molar-refractivity contribution is 6.33. The molecule has 1 aromatic carbocycles. The maximum absolute atomic E-state index is 11.7. The third kappa shape index (κ3) is 4.95. The number of halogens is 1. The van der Waals surface area contributed by atoms with Crippen LogP contribution in [0.25, 0.3) is 0 Å². The normalized spacial score (nSPS) is 10.4. The zero-order chi connectivity index (χ0) is 19.9. The fraction of sp³-hybridized carbons (Fsp3) is 0.200. The summed E-state index contributed by atoms with van der Waals surface area (Å²) in [4.78, 5) is 26.6. The third-order valence-electron chi connectivity index (χ3n) is 4.12. The smallest absolute Gasteiger partial charge is 0.337 e. The number of anilines is 3. The molecule has 0 radical (unpaired) electrons. The Morgan fingerprint density at radius 2 is 1.96 bits per heavy atom.